The highest BCUT2D eigenvalue weighted by Gasteiger charge is 2.05. The highest BCUT2D eigenvalue weighted by Crippen LogP contribution is 2.20. The molecule has 0 saturated heterocycles. The molecule has 5 nitrogen and oxygen atoms in total. The average molecular weight is 388 g/mol. The number of ether oxygens (including phenoxy) is 1. The second-order valence-electron chi connectivity index (χ2n) is 6.34. The number of nitrogens with one attached hydrogen (secondary N) is 2. The number of fused-ring (bicyclic) bond motifs is 1. The van der Waals surface area contributed by atoms with Crippen LogP contribution in [0.4, 0.5) is 11.5 Å². The molecule has 140 valence electrons. The third-order valence-corrected chi connectivity index (χ3v) is 4.65. The second-order valence-corrected chi connectivity index (χ2v) is 6.75. The van der Waals surface area contributed by atoms with Crippen LogP contribution in [-0.4, -0.2) is 22.0 Å². The van der Waals surface area contributed by atoms with Gasteiger partial charge in [0.2, 0.25) is 0 Å². The van der Waals surface area contributed by atoms with Crippen LogP contribution in [0, 0.1) is 0 Å². The number of nitrogens with zero attached hydrogens (tertiary/aromatic N) is 2. The van der Waals surface area contributed by atoms with Crippen molar-refractivity contribution in [2.45, 2.75) is 6.54 Å². The lowest BCUT2D eigenvalue weighted by Crippen LogP contribution is -2.19. The van der Waals surface area contributed by atoms with Gasteiger partial charge in [-0.3, -0.25) is 4.68 Å². The van der Waals surface area contributed by atoms with E-state index in [1.807, 2.05) is 41.2 Å². The number of hydrogen-bond acceptors (Lipinski definition) is 3. The molecular weight excluding hydrogens is 368 g/mol. The Labute approximate surface area is 169 Å². The molecule has 2 N–H and O–H groups in total. The largest absolute Gasteiger partial charge is 0.497 e. The lowest BCUT2D eigenvalue weighted by Gasteiger charge is -2.09. The van der Waals surface area contributed by atoms with Crippen LogP contribution in [0.5, 0.6) is 5.75 Å². The molecule has 0 amide bonds. The molecule has 0 spiro atoms. The summed E-state index contributed by atoms with van der Waals surface area (Å²) in [5.41, 5.74) is 2.11. The SMILES string of the molecule is COc1ccc(NC(=S)Nc2ccn(Cc3cccc4ccccc34)n2)cc1. The number of methoxy groups -OCH3 is 1. The normalized spacial score (nSPS) is 10.6. The average Bonchev–Trinajstić information content (AvgIpc) is 3.15. The molecule has 0 aliphatic carbocycles. The van der Waals surface area contributed by atoms with E-state index in [1.54, 1.807) is 7.11 Å². The summed E-state index contributed by atoms with van der Waals surface area (Å²) >= 11 is 5.38. The Morgan fingerprint density at radius 3 is 2.57 bits per heavy atom. The highest BCUT2D eigenvalue weighted by molar-refractivity contribution is 7.80. The van der Waals surface area contributed by atoms with Crippen molar-refractivity contribution < 1.29 is 4.74 Å². The maximum Gasteiger partial charge on any atom is 0.176 e. The summed E-state index contributed by atoms with van der Waals surface area (Å²) in [6, 6.07) is 24.2. The van der Waals surface area contributed by atoms with Crippen LogP contribution in [0.2, 0.25) is 0 Å². The summed E-state index contributed by atoms with van der Waals surface area (Å²) in [7, 11) is 1.64. The van der Waals surface area contributed by atoms with Crippen molar-refractivity contribution >= 4 is 39.6 Å². The molecule has 28 heavy (non-hydrogen) atoms. The molecule has 4 aromatic rings. The van der Waals surface area contributed by atoms with Gasteiger partial charge in [0.1, 0.15) is 5.75 Å². The Kier molecular flexibility index (Phi) is 5.21. The number of rotatable bonds is 5. The third kappa shape index (κ3) is 4.13. The zero-order valence-electron chi connectivity index (χ0n) is 15.4. The molecule has 4 rings (SSSR count). The standard InChI is InChI=1S/C22H20N4OS/c1-27-19-11-9-18(10-12-19)23-22(28)24-21-13-14-26(25-21)15-17-7-4-6-16-5-2-3-8-20(16)17/h2-14H,15H2,1H3,(H2,23,24,25,28). The maximum atomic E-state index is 5.38. The second kappa shape index (κ2) is 8.10. The summed E-state index contributed by atoms with van der Waals surface area (Å²) in [6.45, 7) is 0.696. The molecule has 3 aromatic carbocycles. The smallest absolute Gasteiger partial charge is 0.176 e. The fourth-order valence-corrected chi connectivity index (χ4v) is 3.30. The predicted octanol–water partition coefficient (Wildman–Crippen LogP) is 4.90. The van der Waals surface area contributed by atoms with Crippen LogP contribution in [-0.2, 0) is 6.54 Å². The van der Waals surface area contributed by atoms with Crippen molar-refractivity contribution in [3.8, 4) is 5.75 Å². The van der Waals surface area contributed by atoms with Crippen molar-refractivity contribution in [3.05, 3.63) is 84.6 Å². The number of hydrogen-bond donors (Lipinski definition) is 2. The van der Waals surface area contributed by atoms with E-state index in [2.05, 4.69) is 58.2 Å². The molecule has 0 saturated carbocycles. The Balaban J connectivity index is 1.41. The fraction of sp³-hybridized carbons (Fsp3) is 0.0909. The molecule has 0 radical (unpaired) electrons. The van der Waals surface area contributed by atoms with Gasteiger partial charge >= 0.3 is 0 Å². The van der Waals surface area contributed by atoms with Gasteiger partial charge in [0.25, 0.3) is 0 Å². The first-order valence-corrected chi connectivity index (χ1v) is 9.34. The molecule has 6 heteroatoms. The first-order valence-electron chi connectivity index (χ1n) is 8.93. The summed E-state index contributed by atoms with van der Waals surface area (Å²) in [5.74, 6) is 1.50. The van der Waals surface area contributed by atoms with E-state index in [-0.39, 0.29) is 0 Å². The third-order valence-electron chi connectivity index (χ3n) is 4.44. The van der Waals surface area contributed by atoms with Crippen molar-refractivity contribution in [3.63, 3.8) is 0 Å². The van der Waals surface area contributed by atoms with E-state index in [4.69, 9.17) is 17.0 Å². The Morgan fingerprint density at radius 2 is 1.75 bits per heavy atom. The summed E-state index contributed by atoms with van der Waals surface area (Å²) in [6.07, 6.45) is 1.94. The molecule has 0 aliphatic rings. The van der Waals surface area contributed by atoms with Crippen molar-refractivity contribution in [1.29, 1.82) is 0 Å². The Morgan fingerprint density at radius 1 is 0.964 bits per heavy atom. The van der Waals surface area contributed by atoms with E-state index >= 15 is 0 Å². The van der Waals surface area contributed by atoms with E-state index in [1.165, 1.54) is 16.3 Å². The van der Waals surface area contributed by atoms with Crippen molar-refractivity contribution in [1.82, 2.24) is 9.78 Å². The topological polar surface area (TPSA) is 51.1 Å². The van der Waals surface area contributed by atoms with E-state index in [0.717, 1.165) is 11.4 Å². The highest BCUT2D eigenvalue weighted by atomic mass is 32.1. The quantitative estimate of drug-likeness (QED) is 0.476. The van der Waals surface area contributed by atoms with Crippen molar-refractivity contribution in [2.75, 3.05) is 17.7 Å². The van der Waals surface area contributed by atoms with Gasteiger partial charge < -0.3 is 15.4 Å². The van der Waals surface area contributed by atoms with Gasteiger partial charge in [0, 0.05) is 18.0 Å². The first-order chi connectivity index (χ1) is 13.7. The van der Waals surface area contributed by atoms with Crippen LogP contribution in [0.3, 0.4) is 0 Å². The lowest BCUT2D eigenvalue weighted by atomic mass is 10.0. The fourth-order valence-electron chi connectivity index (χ4n) is 3.07. The zero-order valence-corrected chi connectivity index (χ0v) is 16.2. The van der Waals surface area contributed by atoms with Crippen LogP contribution in [0.15, 0.2) is 79.0 Å². The molecule has 1 aromatic heterocycles. The summed E-state index contributed by atoms with van der Waals surface area (Å²) in [4.78, 5) is 0. The van der Waals surface area contributed by atoms with E-state index in [9.17, 15) is 0 Å². The molecule has 0 aliphatic heterocycles. The van der Waals surface area contributed by atoms with Crippen LogP contribution in [0.1, 0.15) is 5.56 Å². The van der Waals surface area contributed by atoms with Gasteiger partial charge in [-0.2, -0.15) is 5.10 Å². The van der Waals surface area contributed by atoms with Crippen LogP contribution >= 0.6 is 12.2 Å². The molecule has 0 atom stereocenters. The number of benzene rings is 3. The predicted molar refractivity (Wildman–Crippen MR) is 118 cm³/mol. The molecular formula is C22H20N4OS. The minimum atomic E-state index is 0.487. The molecule has 0 fully saturated rings. The maximum absolute atomic E-state index is 5.38. The van der Waals surface area contributed by atoms with Gasteiger partial charge in [0.15, 0.2) is 10.9 Å². The zero-order chi connectivity index (χ0) is 19.3. The van der Waals surface area contributed by atoms with E-state index < -0.39 is 0 Å². The summed E-state index contributed by atoms with van der Waals surface area (Å²) in [5, 5.41) is 13.8. The van der Waals surface area contributed by atoms with E-state index in [0.29, 0.717) is 17.5 Å². The van der Waals surface area contributed by atoms with Crippen LogP contribution in [0.25, 0.3) is 10.8 Å². The lowest BCUT2D eigenvalue weighted by molar-refractivity contribution is 0.415. The minimum absolute atomic E-state index is 0.487. The molecule has 1 heterocycles. The van der Waals surface area contributed by atoms with Gasteiger partial charge in [-0.25, -0.2) is 0 Å². The van der Waals surface area contributed by atoms with Crippen LogP contribution < -0.4 is 15.4 Å². The number of aromatic nitrogens is 2. The number of anilines is 2. The summed E-state index contributed by atoms with van der Waals surface area (Å²) < 4.78 is 7.06. The number of thiocarbonyl (C=S) groups is 1. The van der Waals surface area contributed by atoms with Crippen molar-refractivity contribution in [2.24, 2.45) is 0 Å². The van der Waals surface area contributed by atoms with Gasteiger partial charge in [-0.1, -0.05) is 42.5 Å². The van der Waals surface area contributed by atoms with Gasteiger partial charge in [0.05, 0.1) is 13.7 Å². The Hall–Kier alpha value is -3.38. The molecule has 0 unspecified atom stereocenters. The Bertz CT molecular complexity index is 1100. The first kappa shape index (κ1) is 18.0. The monoisotopic (exact) mass is 388 g/mol. The molecule has 0 bridgehead atoms. The minimum Gasteiger partial charge on any atom is -0.497 e. The van der Waals surface area contributed by atoms with Gasteiger partial charge in [-0.05, 0) is 52.8 Å². The van der Waals surface area contributed by atoms with Gasteiger partial charge in [-0.15, -0.1) is 0 Å².